The van der Waals surface area contributed by atoms with Crippen LogP contribution in [0.15, 0.2) is 78.9 Å². The molecule has 146 valence electrons. The molecule has 1 aliphatic heterocycles. The Balaban J connectivity index is 2.17. The van der Waals surface area contributed by atoms with Gasteiger partial charge in [0.2, 0.25) is 0 Å². The molecule has 1 fully saturated rings. The fourth-order valence-electron chi connectivity index (χ4n) is 4.44. The SMILES string of the molecule is CC(C)c1ccccc1P1(c2ccccc2)(c2ccccc2C(C)C)OCO1. The van der Waals surface area contributed by atoms with Crippen molar-refractivity contribution in [2.45, 2.75) is 39.5 Å². The van der Waals surface area contributed by atoms with Crippen molar-refractivity contribution < 1.29 is 9.05 Å². The maximum atomic E-state index is 6.75. The number of hydrogen-bond donors (Lipinski definition) is 0. The van der Waals surface area contributed by atoms with Crippen LogP contribution < -0.4 is 15.9 Å². The number of benzene rings is 3. The van der Waals surface area contributed by atoms with E-state index in [9.17, 15) is 0 Å². The molecule has 0 spiro atoms. The van der Waals surface area contributed by atoms with Gasteiger partial charge >= 0.3 is 168 Å². The van der Waals surface area contributed by atoms with Crippen LogP contribution in [0.3, 0.4) is 0 Å². The summed E-state index contributed by atoms with van der Waals surface area (Å²) in [6.45, 7) is 9.29. The Bertz CT molecular complexity index is 919. The van der Waals surface area contributed by atoms with Crippen LogP contribution in [0.4, 0.5) is 0 Å². The summed E-state index contributed by atoms with van der Waals surface area (Å²) >= 11 is 0. The molecule has 28 heavy (non-hydrogen) atoms. The average Bonchev–Trinajstić information content (AvgIpc) is 2.69. The Morgan fingerprint density at radius 2 is 1.04 bits per heavy atom. The van der Waals surface area contributed by atoms with E-state index in [4.69, 9.17) is 9.05 Å². The van der Waals surface area contributed by atoms with E-state index >= 15 is 0 Å². The molecule has 3 aromatic rings. The molecule has 1 heterocycles. The van der Waals surface area contributed by atoms with E-state index in [0.29, 0.717) is 18.6 Å². The molecule has 0 aromatic heterocycles. The first-order chi connectivity index (χ1) is 13.5. The summed E-state index contributed by atoms with van der Waals surface area (Å²) < 4.78 is 13.5. The fraction of sp³-hybridized carbons (Fsp3) is 0.280. The first-order valence-electron chi connectivity index (χ1n) is 10.1. The quantitative estimate of drug-likeness (QED) is 0.527. The number of rotatable bonds is 5. The molecule has 1 saturated heterocycles. The van der Waals surface area contributed by atoms with Gasteiger partial charge < -0.3 is 0 Å². The van der Waals surface area contributed by atoms with Gasteiger partial charge in [-0.25, -0.2) is 0 Å². The van der Waals surface area contributed by atoms with Crippen molar-refractivity contribution in [3.63, 3.8) is 0 Å². The topological polar surface area (TPSA) is 18.5 Å². The second-order valence-corrected chi connectivity index (χ2v) is 12.0. The van der Waals surface area contributed by atoms with Crippen molar-refractivity contribution in [3.05, 3.63) is 90.0 Å². The third-order valence-electron chi connectivity index (χ3n) is 5.82. The fourth-order valence-corrected chi connectivity index (χ4v) is 9.56. The van der Waals surface area contributed by atoms with E-state index in [1.165, 1.54) is 21.7 Å². The van der Waals surface area contributed by atoms with Crippen LogP contribution in [-0.4, -0.2) is 6.79 Å². The predicted octanol–water partition coefficient (Wildman–Crippen LogP) is 5.60. The minimum atomic E-state index is -3.45. The minimum absolute atomic E-state index is 0.325. The van der Waals surface area contributed by atoms with Gasteiger partial charge in [-0.1, -0.05) is 0 Å². The zero-order chi connectivity index (χ0) is 19.8. The van der Waals surface area contributed by atoms with Crippen LogP contribution in [0.1, 0.15) is 50.7 Å². The van der Waals surface area contributed by atoms with Gasteiger partial charge in [-0.05, 0) is 0 Å². The molecule has 0 atom stereocenters. The summed E-state index contributed by atoms with van der Waals surface area (Å²) in [4.78, 5) is 0. The molecule has 1 aliphatic rings. The zero-order valence-electron chi connectivity index (χ0n) is 17.1. The van der Waals surface area contributed by atoms with Crippen LogP contribution in [0.25, 0.3) is 0 Å². The summed E-state index contributed by atoms with van der Waals surface area (Å²) in [5.41, 5.74) is 2.59. The maximum absolute atomic E-state index is 6.75. The summed E-state index contributed by atoms with van der Waals surface area (Å²) in [6, 6.07) is 27.9. The van der Waals surface area contributed by atoms with Gasteiger partial charge in [0.1, 0.15) is 0 Å². The van der Waals surface area contributed by atoms with Gasteiger partial charge in [0.25, 0.3) is 0 Å². The van der Waals surface area contributed by atoms with Gasteiger partial charge in [0.15, 0.2) is 0 Å². The van der Waals surface area contributed by atoms with Crippen LogP contribution in [0.5, 0.6) is 0 Å². The predicted molar refractivity (Wildman–Crippen MR) is 120 cm³/mol. The normalized spacial score (nSPS) is 19.0. The average molecular weight is 392 g/mol. The zero-order valence-corrected chi connectivity index (χ0v) is 18.0. The molecule has 2 nitrogen and oxygen atoms in total. The van der Waals surface area contributed by atoms with Gasteiger partial charge in [0, 0.05) is 0 Å². The van der Waals surface area contributed by atoms with Crippen LogP contribution in [-0.2, 0) is 9.05 Å². The van der Waals surface area contributed by atoms with Gasteiger partial charge in [-0.2, -0.15) is 0 Å². The third-order valence-corrected chi connectivity index (χ3v) is 10.8. The third kappa shape index (κ3) is 2.59. The second kappa shape index (κ2) is 7.12. The van der Waals surface area contributed by atoms with E-state index in [1.54, 1.807) is 0 Å². The second-order valence-electron chi connectivity index (χ2n) is 8.10. The van der Waals surface area contributed by atoms with Crippen molar-refractivity contribution in [1.82, 2.24) is 0 Å². The first kappa shape index (κ1) is 19.3. The molecule has 3 aromatic carbocycles. The first-order valence-corrected chi connectivity index (χ1v) is 12.1. The van der Waals surface area contributed by atoms with Crippen LogP contribution in [0, 0.1) is 0 Å². The van der Waals surface area contributed by atoms with E-state index in [0.717, 1.165) is 5.30 Å². The van der Waals surface area contributed by atoms with Crippen molar-refractivity contribution >= 4 is 23.0 Å². The van der Waals surface area contributed by atoms with Crippen molar-refractivity contribution in [3.8, 4) is 0 Å². The van der Waals surface area contributed by atoms with Gasteiger partial charge in [-0.3, -0.25) is 0 Å². The number of hydrogen-bond acceptors (Lipinski definition) is 2. The molecular weight excluding hydrogens is 363 g/mol. The van der Waals surface area contributed by atoms with Crippen LogP contribution in [0.2, 0.25) is 0 Å². The monoisotopic (exact) mass is 392 g/mol. The molecule has 0 aliphatic carbocycles. The van der Waals surface area contributed by atoms with E-state index in [-0.39, 0.29) is 0 Å². The Morgan fingerprint density at radius 3 is 1.43 bits per heavy atom. The molecule has 0 bridgehead atoms. The van der Waals surface area contributed by atoms with Crippen LogP contribution >= 0.6 is 7.06 Å². The van der Waals surface area contributed by atoms with Crippen molar-refractivity contribution in [2.75, 3.05) is 6.79 Å². The molecule has 0 saturated carbocycles. The van der Waals surface area contributed by atoms with E-state index < -0.39 is 7.06 Å². The molecular formula is C25H29O2P. The summed E-state index contributed by atoms with van der Waals surface area (Å²) in [7, 11) is -3.45. The Labute approximate surface area is 168 Å². The van der Waals surface area contributed by atoms with Crippen molar-refractivity contribution in [2.24, 2.45) is 0 Å². The Hall–Kier alpha value is -1.99. The molecule has 0 unspecified atom stereocenters. The molecule has 0 amide bonds. The van der Waals surface area contributed by atoms with Crippen molar-refractivity contribution in [1.29, 1.82) is 0 Å². The Morgan fingerprint density at radius 1 is 0.607 bits per heavy atom. The molecule has 0 radical (unpaired) electrons. The molecule has 0 N–H and O–H groups in total. The summed E-state index contributed by atoms with van der Waals surface area (Å²) in [5, 5.41) is 3.55. The molecule has 4 rings (SSSR count). The molecule has 3 heteroatoms. The van der Waals surface area contributed by atoms with E-state index in [1.807, 2.05) is 0 Å². The summed E-state index contributed by atoms with van der Waals surface area (Å²) in [5.74, 6) is 0.746. The standard InChI is InChI=1S/C25H29O2P/c1-19(2)22-14-8-10-16-24(22)28(26-18-27-28,21-12-6-5-7-13-21)25-17-11-9-15-23(25)20(3)4/h5-17,19-20H,18H2,1-4H3. The van der Waals surface area contributed by atoms with Gasteiger partial charge in [0.05, 0.1) is 0 Å². The summed E-state index contributed by atoms with van der Waals surface area (Å²) in [6.07, 6.45) is 0. The van der Waals surface area contributed by atoms with Gasteiger partial charge in [-0.15, -0.1) is 0 Å². The van der Waals surface area contributed by atoms with E-state index in [2.05, 4.69) is 107 Å². The Kier molecular flexibility index (Phi) is 4.91.